The first-order chi connectivity index (χ1) is 11.5. The molecule has 0 saturated heterocycles. The number of rotatable bonds is 0. The molecular weight excluding hydrogens is 276 g/mol. The molecule has 0 atom stereocenters. The maximum Gasteiger partial charge on any atom is 0.00886 e. The lowest BCUT2D eigenvalue weighted by atomic mass is 10.0. The Morgan fingerprint density at radius 3 is 0.609 bits per heavy atom. The van der Waals surface area contributed by atoms with Crippen LogP contribution in [0.15, 0.2) is 0 Å². The van der Waals surface area contributed by atoms with E-state index in [4.69, 9.17) is 0 Å². The van der Waals surface area contributed by atoms with E-state index in [1.807, 2.05) is 0 Å². The van der Waals surface area contributed by atoms with Gasteiger partial charge in [0, 0.05) is 12.8 Å². The zero-order valence-corrected chi connectivity index (χ0v) is 15.8. The lowest BCUT2D eigenvalue weighted by molar-refractivity contribution is 0.523. The molecular formula is C23H42. The second-order valence-corrected chi connectivity index (χ2v) is 7.57. The van der Waals surface area contributed by atoms with Gasteiger partial charge in [0.1, 0.15) is 0 Å². The van der Waals surface area contributed by atoms with Crippen molar-refractivity contribution >= 4 is 0 Å². The second-order valence-electron chi connectivity index (χ2n) is 7.57. The van der Waals surface area contributed by atoms with Gasteiger partial charge >= 0.3 is 0 Å². The van der Waals surface area contributed by atoms with E-state index in [-0.39, 0.29) is 0 Å². The zero-order chi connectivity index (χ0) is 16.3. The first-order valence-corrected chi connectivity index (χ1v) is 11.0. The minimum atomic E-state index is 1.14. The van der Waals surface area contributed by atoms with Crippen molar-refractivity contribution in [3.63, 3.8) is 0 Å². The summed E-state index contributed by atoms with van der Waals surface area (Å²) in [6.45, 7) is 0. The maximum atomic E-state index is 3.38. The molecule has 0 aromatic rings. The van der Waals surface area contributed by atoms with Gasteiger partial charge in [-0.15, -0.1) is 11.8 Å². The van der Waals surface area contributed by atoms with E-state index in [0.29, 0.717) is 0 Å². The maximum absolute atomic E-state index is 3.38. The molecule has 0 N–H and O–H groups in total. The van der Waals surface area contributed by atoms with Crippen molar-refractivity contribution in [3.8, 4) is 11.8 Å². The molecule has 0 fully saturated rings. The Labute approximate surface area is 147 Å². The summed E-state index contributed by atoms with van der Waals surface area (Å²) in [5.41, 5.74) is 0. The van der Waals surface area contributed by atoms with E-state index in [9.17, 15) is 0 Å². The van der Waals surface area contributed by atoms with Gasteiger partial charge in [0.15, 0.2) is 0 Å². The Bertz CT molecular complexity index is 254. The van der Waals surface area contributed by atoms with Gasteiger partial charge in [-0.2, -0.15) is 0 Å². The lowest BCUT2D eigenvalue weighted by Crippen LogP contribution is -1.84. The molecule has 0 bridgehead atoms. The molecule has 0 aromatic carbocycles. The Morgan fingerprint density at radius 1 is 0.217 bits per heavy atom. The largest absolute Gasteiger partial charge is 0.103 e. The van der Waals surface area contributed by atoms with E-state index in [1.165, 1.54) is 122 Å². The smallest absolute Gasteiger partial charge is 0.00886 e. The van der Waals surface area contributed by atoms with Crippen molar-refractivity contribution in [1.82, 2.24) is 0 Å². The van der Waals surface area contributed by atoms with Crippen molar-refractivity contribution in [2.45, 2.75) is 135 Å². The third kappa shape index (κ3) is 16.2. The normalized spacial score (nSPS) is 22.6. The molecule has 1 rings (SSSR count). The van der Waals surface area contributed by atoms with Crippen molar-refractivity contribution in [2.75, 3.05) is 0 Å². The van der Waals surface area contributed by atoms with Gasteiger partial charge in [0.25, 0.3) is 0 Å². The van der Waals surface area contributed by atoms with Crippen LogP contribution >= 0.6 is 0 Å². The van der Waals surface area contributed by atoms with Crippen LogP contribution in [-0.2, 0) is 0 Å². The summed E-state index contributed by atoms with van der Waals surface area (Å²) in [4.78, 5) is 0. The first kappa shape index (κ1) is 20.6. The molecule has 0 amide bonds. The minimum Gasteiger partial charge on any atom is -0.103 e. The lowest BCUT2D eigenvalue weighted by Gasteiger charge is -2.03. The fourth-order valence-corrected chi connectivity index (χ4v) is 3.61. The van der Waals surface area contributed by atoms with Gasteiger partial charge < -0.3 is 0 Å². The molecule has 0 spiro atoms. The molecule has 0 aliphatic heterocycles. The molecule has 0 nitrogen and oxygen atoms in total. The van der Waals surface area contributed by atoms with Crippen LogP contribution in [0.1, 0.15) is 135 Å². The number of hydrogen-bond acceptors (Lipinski definition) is 0. The fraction of sp³-hybridized carbons (Fsp3) is 0.913. The predicted molar refractivity (Wildman–Crippen MR) is 105 cm³/mol. The molecule has 23 heavy (non-hydrogen) atoms. The highest BCUT2D eigenvalue weighted by Crippen LogP contribution is 2.15. The highest BCUT2D eigenvalue weighted by molar-refractivity contribution is 4.98. The summed E-state index contributed by atoms with van der Waals surface area (Å²) in [5, 5.41) is 0. The summed E-state index contributed by atoms with van der Waals surface area (Å²) in [7, 11) is 0. The highest BCUT2D eigenvalue weighted by atomic mass is 14.0. The van der Waals surface area contributed by atoms with E-state index in [2.05, 4.69) is 11.8 Å². The molecule has 0 radical (unpaired) electrons. The third-order valence-corrected chi connectivity index (χ3v) is 5.23. The first-order valence-electron chi connectivity index (χ1n) is 11.0. The topological polar surface area (TPSA) is 0 Å². The minimum absolute atomic E-state index is 1.14. The average Bonchev–Trinajstić information content (AvgIpc) is 2.56. The van der Waals surface area contributed by atoms with Crippen LogP contribution in [0.2, 0.25) is 0 Å². The van der Waals surface area contributed by atoms with Crippen molar-refractivity contribution < 1.29 is 0 Å². The van der Waals surface area contributed by atoms with Gasteiger partial charge in [0.05, 0.1) is 0 Å². The van der Waals surface area contributed by atoms with E-state index < -0.39 is 0 Å². The van der Waals surface area contributed by atoms with Crippen molar-refractivity contribution in [1.29, 1.82) is 0 Å². The predicted octanol–water partition coefficient (Wildman–Crippen LogP) is 8.20. The molecule has 0 heteroatoms. The van der Waals surface area contributed by atoms with Crippen LogP contribution in [0.25, 0.3) is 0 Å². The second kappa shape index (κ2) is 17.9. The van der Waals surface area contributed by atoms with Crippen LogP contribution in [0.5, 0.6) is 0 Å². The Balaban J connectivity index is 2.06. The van der Waals surface area contributed by atoms with Crippen molar-refractivity contribution in [2.24, 2.45) is 0 Å². The molecule has 1 aliphatic carbocycles. The van der Waals surface area contributed by atoms with E-state index in [1.54, 1.807) is 0 Å². The van der Waals surface area contributed by atoms with Crippen molar-refractivity contribution in [3.05, 3.63) is 0 Å². The summed E-state index contributed by atoms with van der Waals surface area (Å²) in [5.74, 6) is 6.76. The SMILES string of the molecule is C1#CCCCCCCCCCCCCCCCCCCCCC1. The molecule has 0 unspecified atom stereocenters. The molecule has 0 saturated carbocycles. The van der Waals surface area contributed by atoms with Gasteiger partial charge in [-0.25, -0.2) is 0 Å². The monoisotopic (exact) mass is 318 g/mol. The van der Waals surface area contributed by atoms with Gasteiger partial charge in [-0.1, -0.05) is 109 Å². The summed E-state index contributed by atoms with van der Waals surface area (Å²) in [6, 6.07) is 0. The van der Waals surface area contributed by atoms with Crippen LogP contribution in [0, 0.1) is 11.8 Å². The number of hydrogen-bond donors (Lipinski definition) is 0. The van der Waals surface area contributed by atoms with Crippen LogP contribution in [-0.4, -0.2) is 0 Å². The van der Waals surface area contributed by atoms with Gasteiger partial charge in [-0.3, -0.25) is 0 Å². The van der Waals surface area contributed by atoms with E-state index >= 15 is 0 Å². The fourth-order valence-electron chi connectivity index (χ4n) is 3.61. The van der Waals surface area contributed by atoms with Gasteiger partial charge in [0.2, 0.25) is 0 Å². The summed E-state index contributed by atoms with van der Waals surface area (Å²) < 4.78 is 0. The van der Waals surface area contributed by atoms with Crippen LogP contribution in [0.3, 0.4) is 0 Å². The Morgan fingerprint density at radius 2 is 0.391 bits per heavy atom. The molecule has 1 aliphatic rings. The average molecular weight is 319 g/mol. The highest BCUT2D eigenvalue weighted by Gasteiger charge is 1.95. The Hall–Kier alpha value is -0.440. The quantitative estimate of drug-likeness (QED) is 0.395. The van der Waals surface area contributed by atoms with Crippen LogP contribution < -0.4 is 0 Å². The standard InChI is InChI=1S/C23H42/c1-2-4-6-8-10-12-14-16-18-20-22-23-21-19-17-15-13-11-9-7-5-3-1/h1-21H2. The molecule has 134 valence electrons. The Kier molecular flexibility index (Phi) is 16.0. The zero-order valence-electron chi connectivity index (χ0n) is 15.8. The third-order valence-electron chi connectivity index (χ3n) is 5.23. The van der Waals surface area contributed by atoms with Crippen LogP contribution in [0.4, 0.5) is 0 Å². The van der Waals surface area contributed by atoms with E-state index in [0.717, 1.165) is 12.8 Å². The summed E-state index contributed by atoms with van der Waals surface area (Å²) >= 11 is 0. The van der Waals surface area contributed by atoms with Gasteiger partial charge in [-0.05, 0) is 12.8 Å². The molecule has 0 aromatic heterocycles. The molecule has 0 heterocycles. The summed E-state index contributed by atoms with van der Waals surface area (Å²) in [6.07, 6.45) is 29.7.